The molecule has 2 heterocycles. The highest BCUT2D eigenvalue weighted by atomic mass is 32.2. The Balaban J connectivity index is 1.55. The molecule has 10 heteroatoms. The Labute approximate surface area is 169 Å². The molecule has 0 aliphatic carbocycles. The van der Waals surface area contributed by atoms with Crippen LogP contribution in [0, 0.1) is 0 Å². The molecule has 3 rings (SSSR count). The number of hydrogen-bond acceptors (Lipinski definition) is 8. The fraction of sp³-hybridized carbons (Fsp3) is 0.500. The van der Waals surface area contributed by atoms with Crippen molar-refractivity contribution in [2.45, 2.75) is 19.4 Å². The zero-order valence-electron chi connectivity index (χ0n) is 15.9. The second kappa shape index (κ2) is 9.55. The van der Waals surface area contributed by atoms with Crippen LogP contribution in [0.15, 0.2) is 46.1 Å². The van der Waals surface area contributed by atoms with E-state index in [1.807, 2.05) is 28.3 Å². The minimum atomic E-state index is -4.14. The van der Waals surface area contributed by atoms with Gasteiger partial charge in [-0.25, -0.2) is 13.0 Å². The van der Waals surface area contributed by atoms with Crippen molar-refractivity contribution < 1.29 is 17.5 Å². The fourth-order valence-corrected chi connectivity index (χ4v) is 4.27. The maximum Gasteiger partial charge on any atom is 0.408 e. The first-order valence-corrected chi connectivity index (χ1v) is 11.7. The standard InChI is InChI=1S/C18H25N5O3S2/c1-21-9-11-22(12-10-21)17-6-4-16(5-7-17)19-20-18-23(13-14-27-18)8-2-3-15-28(24,25)26/h4-7,13-14H,2-3,8-12,15H2,1H3. The van der Waals surface area contributed by atoms with Crippen molar-refractivity contribution in [1.29, 1.82) is 0 Å². The van der Waals surface area contributed by atoms with Gasteiger partial charge in [0, 0.05) is 43.0 Å². The molecule has 152 valence electrons. The van der Waals surface area contributed by atoms with Crippen molar-refractivity contribution in [3.05, 3.63) is 35.8 Å². The molecule has 0 saturated carbocycles. The van der Waals surface area contributed by atoms with Crippen molar-refractivity contribution in [3.8, 4) is 0 Å². The number of nitrogens with zero attached hydrogens (tertiary/aromatic N) is 5. The summed E-state index contributed by atoms with van der Waals surface area (Å²) < 4.78 is 33.9. The topological polar surface area (TPSA) is 92.3 Å². The van der Waals surface area contributed by atoms with Gasteiger partial charge in [0.15, 0.2) is 0 Å². The van der Waals surface area contributed by atoms with Crippen LogP contribution >= 0.6 is 11.3 Å². The lowest BCUT2D eigenvalue weighted by Crippen LogP contribution is -2.44. The number of hydrogen-bond donors (Lipinski definition) is 0. The van der Waals surface area contributed by atoms with Gasteiger partial charge in [-0.15, -0.1) is 0 Å². The van der Waals surface area contributed by atoms with E-state index in [-0.39, 0.29) is 5.75 Å². The maximum atomic E-state index is 10.7. The molecule has 1 aromatic carbocycles. The number of likely N-dealkylation sites (N-methyl/N-ethyl adjacent to an activating group) is 1. The van der Waals surface area contributed by atoms with Crippen molar-refractivity contribution in [3.63, 3.8) is 0 Å². The summed E-state index contributed by atoms with van der Waals surface area (Å²) in [5.41, 5.74) is 1.99. The molecule has 8 nitrogen and oxygen atoms in total. The molecular weight excluding hydrogens is 398 g/mol. The third-order valence-electron chi connectivity index (χ3n) is 4.67. The van der Waals surface area contributed by atoms with Crippen LogP contribution in [0.1, 0.15) is 12.8 Å². The van der Waals surface area contributed by atoms with E-state index in [0.29, 0.717) is 19.4 Å². The third-order valence-corrected chi connectivity index (χ3v) is 6.25. The highest BCUT2D eigenvalue weighted by Crippen LogP contribution is 2.23. The number of thiazole rings is 1. The molecule has 1 aliphatic rings. The molecule has 0 radical (unpaired) electrons. The van der Waals surface area contributed by atoms with E-state index in [0.717, 1.165) is 37.0 Å². The first-order valence-electron chi connectivity index (χ1n) is 9.26. The Hall–Kier alpha value is -1.88. The second-order valence-electron chi connectivity index (χ2n) is 6.85. The normalized spacial score (nSPS) is 16.1. The lowest BCUT2D eigenvalue weighted by molar-refractivity contribution is -0.680. The van der Waals surface area contributed by atoms with Crippen molar-refractivity contribution >= 4 is 38.0 Å². The van der Waals surface area contributed by atoms with Gasteiger partial charge >= 0.3 is 5.13 Å². The van der Waals surface area contributed by atoms with Crippen LogP contribution < -0.4 is 9.47 Å². The maximum absolute atomic E-state index is 10.7. The number of aryl methyl sites for hydroxylation is 1. The van der Waals surface area contributed by atoms with E-state index in [9.17, 15) is 13.0 Å². The van der Waals surface area contributed by atoms with Crippen LogP contribution in [0.5, 0.6) is 0 Å². The molecule has 2 aromatic rings. The van der Waals surface area contributed by atoms with Crippen molar-refractivity contribution in [2.75, 3.05) is 43.9 Å². The Morgan fingerprint density at radius 1 is 1.11 bits per heavy atom. The van der Waals surface area contributed by atoms with Crippen LogP contribution in [-0.2, 0) is 16.7 Å². The van der Waals surface area contributed by atoms with Crippen LogP contribution in [0.4, 0.5) is 16.5 Å². The largest absolute Gasteiger partial charge is 0.748 e. The van der Waals surface area contributed by atoms with Crippen molar-refractivity contribution in [2.24, 2.45) is 10.2 Å². The number of benzene rings is 1. The number of piperazine rings is 1. The van der Waals surface area contributed by atoms with E-state index in [4.69, 9.17) is 0 Å². The predicted octanol–water partition coefficient (Wildman–Crippen LogP) is 2.53. The van der Waals surface area contributed by atoms with Gasteiger partial charge in [-0.1, -0.05) is 0 Å². The summed E-state index contributed by atoms with van der Waals surface area (Å²) in [7, 11) is -2.00. The summed E-state index contributed by atoms with van der Waals surface area (Å²) in [6.07, 6.45) is 2.84. The second-order valence-corrected chi connectivity index (χ2v) is 9.25. The minimum absolute atomic E-state index is 0.325. The van der Waals surface area contributed by atoms with Crippen LogP contribution in [0.3, 0.4) is 0 Å². The first kappa shape index (κ1) is 20.8. The van der Waals surface area contributed by atoms with Crippen LogP contribution in [-0.4, -0.2) is 56.9 Å². The van der Waals surface area contributed by atoms with Gasteiger partial charge in [-0.2, -0.15) is 0 Å². The molecule has 0 unspecified atom stereocenters. The highest BCUT2D eigenvalue weighted by Gasteiger charge is 2.15. The lowest BCUT2D eigenvalue weighted by Gasteiger charge is -2.34. The van der Waals surface area contributed by atoms with Gasteiger partial charge in [0.05, 0.1) is 21.8 Å². The number of unbranched alkanes of at least 4 members (excludes halogenated alkanes) is 1. The average molecular weight is 424 g/mol. The zero-order chi connectivity index (χ0) is 20.0. The molecule has 0 bridgehead atoms. The first-order chi connectivity index (χ1) is 13.4. The molecule has 1 aliphatic heterocycles. The van der Waals surface area contributed by atoms with Crippen molar-refractivity contribution in [1.82, 2.24) is 4.90 Å². The van der Waals surface area contributed by atoms with E-state index in [1.54, 1.807) is 0 Å². The zero-order valence-corrected chi connectivity index (χ0v) is 17.5. The predicted molar refractivity (Wildman–Crippen MR) is 109 cm³/mol. The number of rotatable bonds is 8. The van der Waals surface area contributed by atoms with E-state index >= 15 is 0 Å². The number of anilines is 1. The van der Waals surface area contributed by atoms with Gasteiger partial charge in [0.2, 0.25) is 0 Å². The third kappa shape index (κ3) is 6.33. The summed E-state index contributed by atoms with van der Waals surface area (Å²) in [6.45, 7) is 4.80. The van der Waals surface area contributed by atoms with Gasteiger partial charge in [-0.3, -0.25) is 0 Å². The summed E-state index contributed by atoms with van der Waals surface area (Å²) in [5.74, 6) is -0.325. The lowest BCUT2D eigenvalue weighted by atomic mass is 10.2. The van der Waals surface area contributed by atoms with Gasteiger partial charge in [0.1, 0.15) is 11.9 Å². The SMILES string of the molecule is CN1CCN(c2ccc(/N=N/c3scc[n+]3CCCCS(=O)(=O)[O-])cc2)CC1. The molecule has 28 heavy (non-hydrogen) atoms. The molecule has 1 fully saturated rings. The van der Waals surface area contributed by atoms with E-state index < -0.39 is 10.1 Å². The monoisotopic (exact) mass is 423 g/mol. The fourth-order valence-electron chi connectivity index (χ4n) is 3.00. The van der Waals surface area contributed by atoms with Crippen LogP contribution in [0.25, 0.3) is 0 Å². The summed E-state index contributed by atoms with van der Waals surface area (Å²) in [4.78, 5) is 4.70. The summed E-state index contributed by atoms with van der Waals surface area (Å²) >= 11 is 1.47. The molecule has 0 N–H and O–H groups in total. The van der Waals surface area contributed by atoms with Gasteiger partial charge < -0.3 is 14.4 Å². The van der Waals surface area contributed by atoms with Crippen LogP contribution in [0.2, 0.25) is 0 Å². The number of aromatic nitrogens is 1. The Morgan fingerprint density at radius 3 is 2.50 bits per heavy atom. The van der Waals surface area contributed by atoms with E-state index in [2.05, 4.69) is 39.2 Å². The van der Waals surface area contributed by atoms with Gasteiger partial charge in [0.25, 0.3) is 0 Å². The van der Waals surface area contributed by atoms with Gasteiger partial charge in [-0.05, 0) is 60.6 Å². The highest BCUT2D eigenvalue weighted by molar-refractivity contribution is 7.85. The number of azo groups is 1. The average Bonchev–Trinajstić information content (AvgIpc) is 3.11. The quantitative estimate of drug-likeness (QED) is 0.282. The molecule has 0 spiro atoms. The Morgan fingerprint density at radius 2 is 1.82 bits per heavy atom. The summed E-state index contributed by atoms with van der Waals surface area (Å²) in [6, 6.07) is 8.08. The summed E-state index contributed by atoms with van der Waals surface area (Å²) in [5, 5.41) is 11.3. The molecule has 1 aromatic heterocycles. The molecule has 0 amide bonds. The molecule has 0 atom stereocenters. The minimum Gasteiger partial charge on any atom is -0.748 e. The van der Waals surface area contributed by atoms with E-state index in [1.165, 1.54) is 17.0 Å². The Kier molecular flexibility index (Phi) is 7.11. The molecular formula is C18H25N5O3S2. The smallest absolute Gasteiger partial charge is 0.408 e. The Bertz CT molecular complexity index is 888. The molecule has 1 saturated heterocycles.